The zero-order chi connectivity index (χ0) is 23.1. The molecule has 170 valence electrons. The predicted molar refractivity (Wildman–Crippen MR) is 117 cm³/mol. The van der Waals surface area contributed by atoms with Crippen molar-refractivity contribution in [2.24, 2.45) is 5.92 Å². The summed E-state index contributed by atoms with van der Waals surface area (Å²) >= 11 is 0. The van der Waals surface area contributed by atoms with Crippen molar-refractivity contribution < 1.29 is 22.3 Å². The third-order valence-corrected chi connectivity index (χ3v) is 7.54. The number of halogens is 1. The minimum absolute atomic E-state index is 0.0392. The van der Waals surface area contributed by atoms with Crippen LogP contribution in [0.4, 0.5) is 10.1 Å². The van der Waals surface area contributed by atoms with Gasteiger partial charge < -0.3 is 15.4 Å². The molecule has 2 aromatic rings. The lowest BCUT2D eigenvalue weighted by Crippen LogP contribution is -2.62. The number of hydrogen-bond acceptors (Lipinski definition) is 6. The van der Waals surface area contributed by atoms with Gasteiger partial charge in [0.1, 0.15) is 17.3 Å². The maximum Gasteiger partial charge on any atom is 0.274 e. The molecule has 1 saturated heterocycles. The number of aromatic nitrogens is 1. The zero-order valence-corrected chi connectivity index (χ0v) is 18.5. The van der Waals surface area contributed by atoms with Crippen LogP contribution in [0.3, 0.4) is 0 Å². The van der Waals surface area contributed by atoms with Crippen LogP contribution in [-0.2, 0) is 15.6 Å². The number of benzene rings is 1. The van der Waals surface area contributed by atoms with Crippen molar-refractivity contribution in [3.8, 4) is 5.75 Å². The summed E-state index contributed by atoms with van der Waals surface area (Å²) in [6, 6.07) is 7.00. The second-order valence-electron chi connectivity index (χ2n) is 8.27. The Bertz CT molecular complexity index is 1170. The zero-order valence-electron chi connectivity index (χ0n) is 17.7. The first-order valence-electron chi connectivity index (χ1n) is 10.1. The van der Waals surface area contributed by atoms with Crippen LogP contribution in [0.15, 0.2) is 36.5 Å². The van der Waals surface area contributed by atoms with E-state index in [0.717, 1.165) is 23.2 Å². The molecule has 1 aromatic carbocycles. The van der Waals surface area contributed by atoms with Crippen molar-refractivity contribution in [1.82, 2.24) is 14.6 Å². The Morgan fingerprint density at radius 3 is 2.72 bits per heavy atom. The number of ether oxygens (including phenoxy) is 1. The highest BCUT2D eigenvalue weighted by Crippen LogP contribution is 2.35. The van der Waals surface area contributed by atoms with Gasteiger partial charge in [-0.25, -0.2) is 22.1 Å². The van der Waals surface area contributed by atoms with Gasteiger partial charge in [-0.1, -0.05) is 0 Å². The summed E-state index contributed by atoms with van der Waals surface area (Å²) in [6.07, 6.45) is 3.29. The first kappa shape index (κ1) is 22.0. The molecule has 1 atom stereocenters. The summed E-state index contributed by atoms with van der Waals surface area (Å²) in [6.45, 7) is 1.79. The van der Waals surface area contributed by atoms with Gasteiger partial charge in [0, 0.05) is 17.8 Å². The van der Waals surface area contributed by atoms with E-state index in [1.165, 1.54) is 38.4 Å². The van der Waals surface area contributed by atoms with E-state index in [2.05, 4.69) is 15.6 Å². The highest BCUT2D eigenvalue weighted by Gasteiger charge is 2.46. The summed E-state index contributed by atoms with van der Waals surface area (Å²) in [5.41, 5.74) is -0.924. The Kier molecular flexibility index (Phi) is 5.53. The maximum absolute atomic E-state index is 14.8. The Hall–Kier alpha value is -3.21. The van der Waals surface area contributed by atoms with E-state index in [-0.39, 0.29) is 35.4 Å². The number of nitrogens with zero attached hydrogens (tertiary/aromatic N) is 2. The lowest BCUT2D eigenvalue weighted by atomic mass is 9.93. The fourth-order valence-electron chi connectivity index (χ4n) is 3.68. The minimum atomic E-state index is -3.82. The highest BCUT2D eigenvalue weighted by molar-refractivity contribution is 7.89. The normalized spacial score (nSPS) is 22.2. The second-order valence-corrected chi connectivity index (χ2v) is 10.2. The number of pyridine rings is 1. The molecule has 1 aromatic heterocycles. The minimum Gasteiger partial charge on any atom is -0.495 e. The number of anilines is 1. The van der Waals surface area contributed by atoms with Crippen LogP contribution in [0.1, 0.15) is 35.8 Å². The van der Waals surface area contributed by atoms with Gasteiger partial charge in [-0.3, -0.25) is 10.2 Å². The van der Waals surface area contributed by atoms with E-state index in [9.17, 15) is 17.6 Å². The molecular weight excluding hydrogens is 437 g/mol. The molecule has 0 unspecified atom stereocenters. The van der Waals surface area contributed by atoms with Gasteiger partial charge >= 0.3 is 0 Å². The number of carbonyl (C=O) groups excluding carboxylic acids is 1. The molecule has 0 radical (unpaired) electrons. The van der Waals surface area contributed by atoms with Gasteiger partial charge in [0.15, 0.2) is 0 Å². The van der Waals surface area contributed by atoms with Crippen LogP contribution in [0.2, 0.25) is 0 Å². The quantitative estimate of drug-likeness (QED) is 0.606. The molecule has 32 heavy (non-hydrogen) atoms. The molecule has 4 rings (SSSR count). The number of nitrogens with one attached hydrogen (secondary N) is 3. The lowest BCUT2D eigenvalue weighted by molar-refractivity contribution is 0.102. The van der Waals surface area contributed by atoms with Gasteiger partial charge in [0.25, 0.3) is 5.91 Å². The lowest BCUT2D eigenvalue weighted by Gasteiger charge is -2.41. The van der Waals surface area contributed by atoms with Crippen molar-refractivity contribution in [3.63, 3.8) is 0 Å². The smallest absolute Gasteiger partial charge is 0.274 e. The molecule has 1 amide bonds. The number of hydrogen-bond donors (Lipinski definition) is 3. The van der Waals surface area contributed by atoms with E-state index in [0.29, 0.717) is 5.75 Å². The van der Waals surface area contributed by atoms with Crippen LogP contribution in [0, 0.1) is 17.1 Å². The van der Waals surface area contributed by atoms with Crippen molar-refractivity contribution in [2.75, 3.05) is 24.7 Å². The Morgan fingerprint density at radius 1 is 1.38 bits per heavy atom. The average molecular weight is 462 g/mol. The SMILES string of the molecule is COc1ccc(C(=O)Nc2ccc(F)c([C@]3(C)CS(=O)(=O)N(CC4CC4)C(=N)N3)c2)nc1. The molecule has 1 aliphatic heterocycles. The predicted octanol–water partition coefficient (Wildman–Crippen LogP) is 2.28. The van der Waals surface area contributed by atoms with Gasteiger partial charge in [-0.15, -0.1) is 0 Å². The van der Waals surface area contributed by atoms with Gasteiger partial charge in [0.05, 0.1) is 24.6 Å². The van der Waals surface area contributed by atoms with Crippen LogP contribution < -0.4 is 15.4 Å². The van der Waals surface area contributed by atoms with E-state index in [1.807, 2.05) is 0 Å². The first-order chi connectivity index (χ1) is 15.1. The number of methoxy groups -OCH3 is 1. The van der Waals surface area contributed by atoms with Crippen LogP contribution in [-0.4, -0.2) is 49.0 Å². The molecular formula is C21H24FN5O4S. The molecule has 1 aliphatic carbocycles. The van der Waals surface area contributed by atoms with E-state index in [4.69, 9.17) is 10.1 Å². The molecule has 0 spiro atoms. The van der Waals surface area contributed by atoms with E-state index < -0.39 is 33.0 Å². The number of rotatable bonds is 6. The van der Waals surface area contributed by atoms with Crippen molar-refractivity contribution in [3.05, 3.63) is 53.6 Å². The Balaban J connectivity index is 1.57. The fraction of sp³-hybridized carbons (Fsp3) is 0.381. The summed E-state index contributed by atoms with van der Waals surface area (Å²) in [5.74, 6) is -1.08. The van der Waals surface area contributed by atoms with E-state index >= 15 is 0 Å². The largest absolute Gasteiger partial charge is 0.495 e. The van der Waals surface area contributed by atoms with E-state index in [1.54, 1.807) is 6.07 Å². The summed E-state index contributed by atoms with van der Waals surface area (Å²) in [7, 11) is -2.33. The summed E-state index contributed by atoms with van der Waals surface area (Å²) in [5, 5.41) is 13.7. The molecule has 0 bridgehead atoms. The number of guanidine groups is 1. The molecule has 11 heteroatoms. The van der Waals surface area contributed by atoms with Crippen LogP contribution in [0.25, 0.3) is 0 Å². The van der Waals surface area contributed by atoms with Gasteiger partial charge in [0.2, 0.25) is 16.0 Å². The van der Waals surface area contributed by atoms with Crippen molar-refractivity contribution in [2.45, 2.75) is 25.3 Å². The summed E-state index contributed by atoms with van der Waals surface area (Å²) < 4.78 is 46.6. The van der Waals surface area contributed by atoms with Gasteiger partial charge in [-0.2, -0.15) is 0 Å². The molecule has 2 aliphatic rings. The molecule has 2 heterocycles. The monoisotopic (exact) mass is 461 g/mol. The van der Waals surface area contributed by atoms with Crippen molar-refractivity contribution in [1.29, 1.82) is 5.41 Å². The highest BCUT2D eigenvalue weighted by atomic mass is 32.2. The third kappa shape index (κ3) is 4.38. The standard InChI is InChI=1S/C21H24FN5O4S/c1-21(12-32(29,30)27(20(23)26-21)11-13-3-4-13)16-9-14(5-7-17(16)22)25-19(28)18-8-6-15(31-2)10-24-18/h5-10,13H,3-4,11-12H2,1-2H3,(H2,23,26)(H,25,28)/t21-/m0/s1. The number of sulfonamides is 1. The number of amides is 1. The fourth-order valence-corrected chi connectivity index (χ4v) is 5.56. The first-order valence-corrected chi connectivity index (χ1v) is 11.7. The van der Waals surface area contributed by atoms with Crippen LogP contribution >= 0.6 is 0 Å². The molecule has 3 N–H and O–H groups in total. The average Bonchev–Trinajstić information content (AvgIpc) is 3.56. The topological polar surface area (TPSA) is 124 Å². The van der Waals surface area contributed by atoms with Crippen molar-refractivity contribution >= 4 is 27.6 Å². The Labute approximate surface area is 185 Å². The number of carbonyl (C=O) groups is 1. The molecule has 2 fully saturated rings. The second kappa shape index (κ2) is 8.05. The summed E-state index contributed by atoms with van der Waals surface area (Å²) in [4.78, 5) is 16.5. The third-order valence-electron chi connectivity index (χ3n) is 5.59. The molecule has 1 saturated carbocycles. The Morgan fingerprint density at radius 2 is 2.12 bits per heavy atom. The van der Waals surface area contributed by atoms with Crippen LogP contribution in [0.5, 0.6) is 5.75 Å². The molecule has 9 nitrogen and oxygen atoms in total. The maximum atomic E-state index is 14.8. The van der Waals surface area contributed by atoms with Gasteiger partial charge in [-0.05, 0) is 56.0 Å².